The third kappa shape index (κ3) is 2.51. The molecule has 2 saturated heterocycles. The second-order valence-electron chi connectivity index (χ2n) is 4.38. The number of carbonyl (C=O) groups is 2. The average Bonchev–Trinajstić information content (AvgIpc) is 2.29. The molecule has 0 spiro atoms. The van der Waals surface area contributed by atoms with Crippen LogP contribution in [-0.4, -0.2) is 61.5 Å². The van der Waals surface area contributed by atoms with E-state index in [0.29, 0.717) is 25.7 Å². The van der Waals surface area contributed by atoms with Crippen molar-refractivity contribution in [3.8, 4) is 0 Å². The van der Waals surface area contributed by atoms with E-state index in [1.807, 2.05) is 0 Å². The number of hydrogen-bond acceptors (Lipinski definition) is 4. The van der Waals surface area contributed by atoms with E-state index in [4.69, 9.17) is 0 Å². The zero-order chi connectivity index (χ0) is 11.5. The predicted molar refractivity (Wildman–Crippen MR) is 58.8 cm³/mol. The molecular formula is C10H18N4O2. The van der Waals surface area contributed by atoms with Gasteiger partial charge in [0.2, 0.25) is 11.8 Å². The first kappa shape index (κ1) is 11.3. The van der Waals surface area contributed by atoms with Gasteiger partial charge in [0.15, 0.2) is 0 Å². The zero-order valence-corrected chi connectivity index (χ0v) is 9.45. The summed E-state index contributed by atoms with van der Waals surface area (Å²) in [6.07, 6.45) is 0. The molecular weight excluding hydrogens is 208 g/mol. The Kier molecular flexibility index (Phi) is 3.40. The van der Waals surface area contributed by atoms with Crippen LogP contribution in [0.1, 0.15) is 6.92 Å². The Hall–Kier alpha value is -1.14. The van der Waals surface area contributed by atoms with Crippen LogP contribution in [0.15, 0.2) is 0 Å². The van der Waals surface area contributed by atoms with E-state index >= 15 is 0 Å². The van der Waals surface area contributed by atoms with Crippen LogP contribution >= 0.6 is 0 Å². The summed E-state index contributed by atoms with van der Waals surface area (Å²) < 4.78 is 0. The lowest BCUT2D eigenvalue weighted by Gasteiger charge is -2.34. The molecule has 0 saturated carbocycles. The normalized spacial score (nSPS) is 31.1. The summed E-state index contributed by atoms with van der Waals surface area (Å²) in [6, 6.07) is 0.204. The first-order valence-electron chi connectivity index (χ1n) is 5.69. The highest BCUT2D eigenvalue weighted by Crippen LogP contribution is 2.01. The lowest BCUT2D eigenvalue weighted by Crippen LogP contribution is -2.62. The topological polar surface area (TPSA) is 73.5 Å². The molecule has 2 fully saturated rings. The Balaban J connectivity index is 1.89. The van der Waals surface area contributed by atoms with Crippen molar-refractivity contribution in [1.29, 1.82) is 0 Å². The van der Waals surface area contributed by atoms with Gasteiger partial charge >= 0.3 is 0 Å². The van der Waals surface area contributed by atoms with Crippen LogP contribution in [0.25, 0.3) is 0 Å². The van der Waals surface area contributed by atoms with Crippen molar-refractivity contribution in [1.82, 2.24) is 20.9 Å². The van der Waals surface area contributed by atoms with Crippen LogP contribution in [0.5, 0.6) is 0 Å². The molecule has 16 heavy (non-hydrogen) atoms. The van der Waals surface area contributed by atoms with Gasteiger partial charge in [0, 0.05) is 32.2 Å². The lowest BCUT2D eigenvalue weighted by molar-refractivity contribution is -0.140. The molecule has 6 heteroatoms. The molecule has 2 unspecified atom stereocenters. The van der Waals surface area contributed by atoms with E-state index in [9.17, 15) is 9.59 Å². The van der Waals surface area contributed by atoms with Crippen LogP contribution in [0, 0.1) is 0 Å². The van der Waals surface area contributed by atoms with Gasteiger partial charge in [0.05, 0.1) is 12.6 Å². The molecule has 2 aliphatic heterocycles. The van der Waals surface area contributed by atoms with Crippen LogP contribution < -0.4 is 16.0 Å². The highest BCUT2D eigenvalue weighted by molar-refractivity contribution is 5.88. The summed E-state index contributed by atoms with van der Waals surface area (Å²) in [5, 5.41) is 9.16. The molecule has 2 heterocycles. The van der Waals surface area contributed by atoms with E-state index < -0.39 is 0 Å². The van der Waals surface area contributed by atoms with Crippen molar-refractivity contribution in [3.63, 3.8) is 0 Å². The standard InChI is InChI=1S/C10H18N4O2/c1-7-4-13-8(5-12-7)10(16)14-3-2-11-9(15)6-14/h7-8,12-13H,2-6H2,1H3,(H,11,15). The first-order chi connectivity index (χ1) is 7.66. The molecule has 0 aromatic rings. The van der Waals surface area contributed by atoms with Gasteiger partial charge in [-0.3, -0.25) is 9.59 Å². The van der Waals surface area contributed by atoms with E-state index in [2.05, 4.69) is 22.9 Å². The minimum absolute atomic E-state index is 0.0225. The Morgan fingerprint density at radius 3 is 2.81 bits per heavy atom. The van der Waals surface area contributed by atoms with Gasteiger partial charge in [0.25, 0.3) is 0 Å². The predicted octanol–water partition coefficient (Wildman–Crippen LogP) is -2.11. The molecule has 0 aliphatic carbocycles. The second kappa shape index (κ2) is 4.80. The number of carbonyl (C=O) groups excluding carboxylic acids is 2. The quantitative estimate of drug-likeness (QED) is 0.479. The lowest BCUT2D eigenvalue weighted by atomic mass is 10.1. The third-order valence-corrected chi connectivity index (χ3v) is 2.99. The van der Waals surface area contributed by atoms with Gasteiger partial charge in [-0.25, -0.2) is 0 Å². The van der Waals surface area contributed by atoms with E-state index in [1.54, 1.807) is 4.90 Å². The second-order valence-corrected chi connectivity index (χ2v) is 4.38. The Morgan fingerprint density at radius 1 is 1.38 bits per heavy atom. The van der Waals surface area contributed by atoms with Crippen LogP contribution in [-0.2, 0) is 9.59 Å². The summed E-state index contributed by atoms with van der Waals surface area (Å²) in [5.74, 6) is -0.0500. The van der Waals surface area contributed by atoms with Gasteiger partial charge in [-0.15, -0.1) is 0 Å². The van der Waals surface area contributed by atoms with Gasteiger partial charge in [-0.05, 0) is 6.92 Å². The summed E-state index contributed by atoms with van der Waals surface area (Å²) in [5.41, 5.74) is 0. The fourth-order valence-electron chi connectivity index (χ4n) is 2.00. The summed E-state index contributed by atoms with van der Waals surface area (Å²) >= 11 is 0. The Morgan fingerprint density at radius 2 is 2.19 bits per heavy atom. The zero-order valence-electron chi connectivity index (χ0n) is 9.45. The Labute approximate surface area is 94.7 Å². The fourth-order valence-corrected chi connectivity index (χ4v) is 2.00. The molecule has 0 aromatic heterocycles. The van der Waals surface area contributed by atoms with Crippen molar-refractivity contribution >= 4 is 11.8 Å². The molecule has 2 atom stereocenters. The Bertz CT molecular complexity index is 287. The van der Waals surface area contributed by atoms with Gasteiger partial charge in [-0.2, -0.15) is 0 Å². The van der Waals surface area contributed by atoms with E-state index in [1.165, 1.54) is 0 Å². The van der Waals surface area contributed by atoms with Crippen molar-refractivity contribution in [2.24, 2.45) is 0 Å². The third-order valence-electron chi connectivity index (χ3n) is 2.99. The summed E-state index contributed by atoms with van der Waals surface area (Å²) in [4.78, 5) is 24.8. The van der Waals surface area contributed by atoms with Crippen molar-refractivity contribution in [3.05, 3.63) is 0 Å². The number of nitrogens with zero attached hydrogens (tertiary/aromatic N) is 1. The molecule has 3 N–H and O–H groups in total. The average molecular weight is 226 g/mol. The maximum Gasteiger partial charge on any atom is 0.241 e. The smallest absolute Gasteiger partial charge is 0.241 e. The molecule has 0 bridgehead atoms. The van der Waals surface area contributed by atoms with E-state index in [0.717, 1.165) is 6.54 Å². The SMILES string of the molecule is CC1CNC(C(=O)N2CCNC(=O)C2)CN1. The fraction of sp³-hybridized carbons (Fsp3) is 0.800. The van der Waals surface area contributed by atoms with E-state index in [-0.39, 0.29) is 24.4 Å². The maximum atomic E-state index is 12.0. The van der Waals surface area contributed by atoms with Gasteiger partial charge in [-0.1, -0.05) is 0 Å². The number of nitrogens with one attached hydrogen (secondary N) is 3. The first-order valence-corrected chi connectivity index (χ1v) is 5.69. The number of rotatable bonds is 1. The van der Waals surface area contributed by atoms with Crippen LogP contribution in [0.3, 0.4) is 0 Å². The largest absolute Gasteiger partial charge is 0.353 e. The van der Waals surface area contributed by atoms with Crippen molar-refractivity contribution in [2.75, 3.05) is 32.7 Å². The summed E-state index contributed by atoms with van der Waals surface area (Å²) in [6.45, 7) is 4.85. The number of hydrogen-bond donors (Lipinski definition) is 3. The molecule has 0 aromatic carbocycles. The number of amides is 2. The van der Waals surface area contributed by atoms with Crippen molar-refractivity contribution < 1.29 is 9.59 Å². The molecule has 2 rings (SSSR count). The van der Waals surface area contributed by atoms with Crippen LogP contribution in [0.4, 0.5) is 0 Å². The van der Waals surface area contributed by atoms with Gasteiger partial charge < -0.3 is 20.9 Å². The van der Waals surface area contributed by atoms with Crippen molar-refractivity contribution in [2.45, 2.75) is 19.0 Å². The highest BCUT2D eigenvalue weighted by atomic mass is 16.2. The van der Waals surface area contributed by atoms with Gasteiger partial charge in [0.1, 0.15) is 0 Å². The van der Waals surface area contributed by atoms with Crippen LogP contribution in [0.2, 0.25) is 0 Å². The molecule has 6 nitrogen and oxygen atoms in total. The molecule has 2 amide bonds. The number of piperazine rings is 2. The maximum absolute atomic E-state index is 12.0. The molecule has 90 valence electrons. The monoisotopic (exact) mass is 226 g/mol. The molecule has 2 aliphatic rings. The highest BCUT2D eigenvalue weighted by Gasteiger charge is 2.29. The molecule has 0 radical (unpaired) electrons. The summed E-state index contributed by atoms with van der Waals surface area (Å²) in [7, 11) is 0. The minimum Gasteiger partial charge on any atom is -0.353 e. The minimum atomic E-state index is -0.193.